The molecule has 1 aromatic heterocycles. The maximum Gasteiger partial charge on any atom is 0.0270 e. The summed E-state index contributed by atoms with van der Waals surface area (Å²) in [5.41, 5.74) is 1.38. The van der Waals surface area contributed by atoms with Crippen molar-refractivity contribution in [3.05, 3.63) is 30.1 Å². The minimum atomic E-state index is 0.711. The van der Waals surface area contributed by atoms with E-state index in [1.165, 1.54) is 31.5 Å². The Morgan fingerprint density at radius 1 is 1.44 bits per heavy atom. The van der Waals surface area contributed by atoms with Crippen LogP contribution >= 0.6 is 0 Å². The molecule has 1 fully saturated rings. The van der Waals surface area contributed by atoms with E-state index in [1.807, 2.05) is 12.4 Å². The molecule has 1 aliphatic rings. The topological polar surface area (TPSA) is 28.2 Å². The monoisotopic (exact) mass is 219 g/mol. The fourth-order valence-corrected chi connectivity index (χ4v) is 2.25. The Kier molecular flexibility index (Phi) is 4.31. The van der Waals surface area contributed by atoms with Gasteiger partial charge in [-0.25, -0.2) is 0 Å². The molecule has 88 valence electrons. The Bertz CT molecular complexity index is 293. The van der Waals surface area contributed by atoms with Crippen molar-refractivity contribution in [2.75, 3.05) is 26.7 Å². The van der Waals surface area contributed by atoms with Gasteiger partial charge in [0.2, 0.25) is 0 Å². The molecular weight excluding hydrogens is 198 g/mol. The summed E-state index contributed by atoms with van der Waals surface area (Å²) >= 11 is 0. The second-order valence-corrected chi connectivity index (χ2v) is 4.66. The lowest BCUT2D eigenvalue weighted by Gasteiger charge is -2.20. The number of hydrogen-bond donors (Lipinski definition) is 1. The Morgan fingerprint density at radius 3 is 2.94 bits per heavy atom. The lowest BCUT2D eigenvalue weighted by molar-refractivity contribution is 0.303. The van der Waals surface area contributed by atoms with E-state index in [-0.39, 0.29) is 0 Å². The summed E-state index contributed by atoms with van der Waals surface area (Å²) < 4.78 is 0. The molecule has 0 aliphatic carbocycles. The fourth-order valence-electron chi connectivity index (χ4n) is 2.25. The van der Waals surface area contributed by atoms with Crippen molar-refractivity contribution in [1.29, 1.82) is 0 Å². The van der Waals surface area contributed by atoms with E-state index in [0.717, 1.165) is 13.0 Å². The minimum absolute atomic E-state index is 0.711. The van der Waals surface area contributed by atoms with E-state index in [0.29, 0.717) is 6.04 Å². The Labute approximate surface area is 97.9 Å². The SMILES string of the molecule is CN(CCc1ccncc1)C[C@H]1CCCN1. The predicted molar refractivity (Wildman–Crippen MR) is 66.5 cm³/mol. The Balaban J connectivity index is 1.69. The molecule has 1 N–H and O–H groups in total. The van der Waals surface area contributed by atoms with Gasteiger partial charge in [0, 0.05) is 31.5 Å². The Hall–Kier alpha value is -0.930. The fraction of sp³-hybridized carbons (Fsp3) is 0.615. The van der Waals surface area contributed by atoms with Crippen molar-refractivity contribution < 1.29 is 0 Å². The van der Waals surface area contributed by atoms with Crippen molar-refractivity contribution in [3.8, 4) is 0 Å². The molecule has 2 heterocycles. The van der Waals surface area contributed by atoms with Gasteiger partial charge in [-0.1, -0.05) is 0 Å². The lowest BCUT2D eigenvalue weighted by Crippen LogP contribution is -2.36. The zero-order chi connectivity index (χ0) is 11.2. The number of hydrogen-bond acceptors (Lipinski definition) is 3. The van der Waals surface area contributed by atoms with E-state index in [2.05, 4.69) is 34.4 Å². The quantitative estimate of drug-likeness (QED) is 0.809. The van der Waals surface area contributed by atoms with Crippen LogP contribution in [0.1, 0.15) is 18.4 Å². The zero-order valence-corrected chi connectivity index (χ0v) is 10.0. The second kappa shape index (κ2) is 5.97. The highest BCUT2D eigenvalue weighted by atomic mass is 15.1. The van der Waals surface area contributed by atoms with Crippen LogP contribution in [-0.4, -0.2) is 42.6 Å². The van der Waals surface area contributed by atoms with Gasteiger partial charge in [0.1, 0.15) is 0 Å². The molecular formula is C13H21N3. The molecule has 0 spiro atoms. The summed E-state index contributed by atoms with van der Waals surface area (Å²) in [7, 11) is 2.21. The summed E-state index contributed by atoms with van der Waals surface area (Å²) in [5, 5.41) is 3.53. The minimum Gasteiger partial charge on any atom is -0.313 e. The third kappa shape index (κ3) is 3.58. The first-order valence-corrected chi connectivity index (χ1v) is 6.15. The van der Waals surface area contributed by atoms with E-state index in [9.17, 15) is 0 Å². The van der Waals surface area contributed by atoms with Crippen molar-refractivity contribution in [2.45, 2.75) is 25.3 Å². The Morgan fingerprint density at radius 2 is 2.25 bits per heavy atom. The van der Waals surface area contributed by atoms with Crippen LogP contribution in [0.3, 0.4) is 0 Å². The summed E-state index contributed by atoms with van der Waals surface area (Å²) in [5.74, 6) is 0. The molecule has 0 amide bonds. The molecule has 0 unspecified atom stereocenters. The normalized spacial score (nSPS) is 20.5. The van der Waals surface area contributed by atoms with Gasteiger partial charge in [-0.15, -0.1) is 0 Å². The maximum atomic E-state index is 4.03. The number of nitrogens with zero attached hydrogens (tertiary/aromatic N) is 2. The highest BCUT2D eigenvalue weighted by Gasteiger charge is 2.15. The highest BCUT2D eigenvalue weighted by Crippen LogP contribution is 2.06. The molecule has 1 aliphatic heterocycles. The second-order valence-electron chi connectivity index (χ2n) is 4.66. The first-order chi connectivity index (χ1) is 7.84. The molecule has 16 heavy (non-hydrogen) atoms. The summed E-state index contributed by atoms with van der Waals surface area (Å²) in [6.45, 7) is 3.50. The van der Waals surface area contributed by atoms with Gasteiger partial charge in [-0.3, -0.25) is 4.98 Å². The van der Waals surface area contributed by atoms with Crippen LogP contribution < -0.4 is 5.32 Å². The molecule has 1 aromatic rings. The van der Waals surface area contributed by atoms with Crippen LogP contribution in [0.5, 0.6) is 0 Å². The van der Waals surface area contributed by atoms with Gasteiger partial charge in [-0.2, -0.15) is 0 Å². The van der Waals surface area contributed by atoms with Crippen molar-refractivity contribution in [1.82, 2.24) is 15.2 Å². The van der Waals surface area contributed by atoms with Gasteiger partial charge < -0.3 is 10.2 Å². The molecule has 0 aromatic carbocycles. The number of nitrogens with one attached hydrogen (secondary N) is 1. The first kappa shape index (κ1) is 11.6. The third-order valence-corrected chi connectivity index (χ3v) is 3.23. The van der Waals surface area contributed by atoms with Crippen molar-refractivity contribution in [3.63, 3.8) is 0 Å². The van der Waals surface area contributed by atoms with Crippen LogP contribution in [0.15, 0.2) is 24.5 Å². The number of likely N-dealkylation sites (N-methyl/N-ethyl adjacent to an activating group) is 1. The van der Waals surface area contributed by atoms with E-state index in [1.54, 1.807) is 0 Å². The maximum absolute atomic E-state index is 4.03. The van der Waals surface area contributed by atoms with Gasteiger partial charge >= 0.3 is 0 Å². The third-order valence-electron chi connectivity index (χ3n) is 3.23. The number of aromatic nitrogens is 1. The van der Waals surface area contributed by atoms with Gasteiger partial charge in [0.05, 0.1) is 0 Å². The average Bonchev–Trinajstić information content (AvgIpc) is 2.81. The molecule has 0 radical (unpaired) electrons. The van der Waals surface area contributed by atoms with E-state index < -0.39 is 0 Å². The molecule has 1 saturated heterocycles. The van der Waals surface area contributed by atoms with E-state index in [4.69, 9.17) is 0 Å². The van der Waals surface area contributed by atoms with Crippen LogP contribution in [0, 0.1) is 0 Å². The van der Waals surface area contributed by atoms with Crippen LogP contribution in [-0.2, 0) is 6.42 Å². The molecule has 2 rings (SSSR count). The predicted octanol–water partition coefficient (Wildman–Crippen LogP) is 1.31. The van der Waals surface area contributed by atoms with Gasteiger partial charge in [-0.05, 0) is 50.6 Å². The standard InChI is InChI=1S/C13H21N3/c1-16(11-13-3-2-7-15-13)10-6-12-4-8-14-9-5-12/h4-5,8-9,13,15H,2-3,6-7,10-11H2,1H3/t13-/m1/s1. The van der Waals surface area contributed by atoms with Gasteiger partial charge in [0.15, 0.2) is 0 Å². The van der Waals surface area contributed by atoms with Crippen LogP contribution in [0.4, 0.5) is 0 Å². The highest BCUT2D eigenvalue weighted by molar-refractivity contribution is 5.09. The van der Waals surface area contributed by atoms with E-state index >= 15 is 0 Å². The summed E-state index contributed by atoms with van der Waals surface area (Å²) in [6.07, 6.45) is 7.52. The first-order valence-electron chi connectivity index (χ1n) is 6.15. The average molecular weight is 219 g/mol. The van der Waals surface area contributed by atoms with Gasteiger partial charge in [0.25, 0.3) is 0 Å². The largest absolute Gasteiger partial charge is 0.313 e. The summed E-state index contributed by atoms with van der Waals surface area (Å²) in [6, 6.07) is 4.91. The van der Waals surface area contributed by atoms with Crippen LogP contribution in [0.2, 0.25) is 0 Å². The van der Waals surface area contributed by atoms with Crippen molar-refractivity contribution in [2.24, 2.45) is 0 Å². The molecule has 1 atom stereocenters. The van der Waals surface area contributed by atoms with Crippen LogP contribution in [0.25, 0.3) is 0 Å². The lowest BCUT2D eigenvalue weighted by atomic mass is 10.2. The molecule has 0 saturated carbocycles. The zero-order valence-electron chi connectivity index (χ0n) is 10.0. The smallest absolute Gasteiger partial charge is 0.0270 e. The number of pyridine rings is 1. The summed E-state index contributed by atoms with van der Waals surface area (Å²) in [4.78, 5) is 6.45. The number of rotatable bonds is 5. The molecule has 0 bridgehead atoms. The van der Waals surface area contributed by atoms with Crippen molar-refractivity contribution >= 4 is 0 Å². The molecule has 3 heteroatoms. The molecule has 3 nitrogen and oxygen atoms in total.